The van der Waals surface area contributed by atoms with Gasteiger partial charge in [-0.25, -0.2) is 0 Å². The molecule has 4 heteroatoms. The van der Waals surface area contributed by atoms with Gasteiger partial charge in [-0.1, -0.05) is 0 Å². The topological polar surface area (TPSA) is 18.5 Å². The van der Waals surface area contributed by atoms with Gasteiger partial charge in [-0.15, -0.1) is 0 Å². The van der Waals surface area contributed by atoms with Crippen molar-refractivity contribution >= 4 is 36.7 Å². The van der Waals surface area contributed by atoms with Crippen LogP contribution in [0.15, 0.2) is 121 Å². The van der Waals surface area contributed by atoms with Gasteiger partial charge >= 0.3 is 211 Å². The van der Waals surface area contributed by atoms with Gasteiger partial charge in [0, 0.05) is 0 Å². The van der Waals surface area contributed by atoms with Crippen molar-refractivity contribution in [2.45, 2.75) is 18.6 Å². The minimum atomic E-state index is -3.02. The van der Waals surface area contributed by atoms with Crippen molar-refractivity contribution in [3.8, 4) is 0 Å². The Bertz CT molecular complexity index is 1090. The number of rotatable bonds is 8. The summed E-state index contributed by atoms with van der Waals surface area (Å²) >= 11 is 4.55. The maximum absolute atomic E-state index is 6.37. The predicted octanol–water partition coefficient (Wildman–Crippen LogP) is 6.20. The average molecular weight is 533 g/mol. The number of hydrogen-bond donors (Lipinski definition) is 0. The summed E-state index contributed by atoms with van der Waals surface area (Å²) in [6, 6.07) is 43.3. The van der Waals surface area contributed by atoms with Gasteiger partial charge in [-0.05, 0) is 0 Å². The van der Waals surface area contributed by atoms with Gasteiger partial charge in [0.2, 0.25) is 0 Å². The maximum atomic E-state index is 6.37. The van der Waals surface area contributed by atoms with E-state index in [-0.39, 0.29) is 0 Å². The van der Waals surface area contributed by atoms with Crippen LogP contribution in [-0.4, -0.2) is 25.2 Å². The van der Waals surface area contributed by atoms with E-state index in [1.165, 1.54) is 21.5 Å². The number of ether oxygens (including phenoxy) is 2. The summed E-state index contributed by atoms with van der Waals surface area (Å²) in [5.74, 6) is -0.628. The van der Waals surface area contributed by atoms with Crippen LogP contribution in [0.1, 0.15) is 12.0 Å². The Hall–Kier alpha value is -2.29. The van der Waals surface area contributed by atoms with E-state index in [1.807, 2.05) is 0 Å². The summed E-state index contributed by atoms with van der Waals surface area (Å²) < 4.78 is 12.7. The van der Waals surface area contributed by atoms with Crippen molar-refractivity contribution < 1.29 is 9.47 Å². The molecule has 34 heavy (non-hydrogen) atoms. The SMILES string of the molecule is BrP(CCC1(Cc2ccccc2)OCCO1)(c1ccccc1)(c1ccccc1)c1ccccc1. The van der Waals surface area contributed by atoms with Crippen molar-refractivity contribution in [1.29, 1.82) is 0 Å². The fourth-order valence-corrected chi connectivity index (χ4v) is 12.6. The van der Waals surface area contributed by atoms with Crippen LogP contribution in [0.3, 0.4) is 0 Å². The van der Waals surface area contributed by atoms with Crippen LogP contribution < -0.4 is 15.9 Å². The van der Waals surface area contributed by atoms with E-state index in [0.29, 0.717) is 13.2 Å². The molecule has 0 spiro atoms. The zero-order valence-electron chi connectivity index (χ0n) is 19.2. The average Bonchev–Trinajstić information content (AvgIpc) is 3.38. The summed E-state index contributed by atoms with van der Waals surface area (Å²) in [5.41, 5.74) is 1.23. The summed E-state index contributed by atoms with van der Waals surface area (Å²) in [5, 5.41) is 0.932. The Kier molecular flexibility index (Phi) is 6.73. The number of halogens is 1. The zero-order chi connectivity index (χ0) is 23.3. The number of hydrogen-bond acceptors (Lipinski definition) is 2. The molecule has 174 valence electrons. The minimum absolute atomic E-state index is 0.628. The van der Waals surface area contributed by atoms with E-state index >= 15 is 0 Å². The molecule has 2 nitrogen and oxygen atoms in total. The standard InChI is InChI=1S/C30H30BrO2P/c31-34(27-15-7-2-8-16-27,28-17-9-3-10-18-28,29-19-11-4-12-20-29)24-21-30(32-22-23-33-30)25-26-13-5-1-6-14-26/h1-20H,21-25H2. The van der Waals surface area contributed by atoms with Crippen molar-refractivity contribution in [2.75, 3.05) is 19.4 Å². The van der Waals surface area contributed by atoms with Gasteiger partial charge in [-0.3, -0.25) is 0 Å². The van der Waals surface area contributed by atoms with Gasteiger partial charge < -0.3 is 0 Å². The summed E-state index contributed by atoms with van der Waals surface area (Å²) in [6.45, 7) is 1.26. The molecule has 0 unspecified atom stereocenters. The first-order valence-electron chi connectivity index (χ1n) is 11.8. The molecule has 4 aromatic carbocycles. The van der Waals surface area contributed by atoms with Gasteiger partial charge in [0.05, 0.1) is 0 Å². The van der Waals surface area contributed by atoms with Gasteiger partial charge in [0.1, 0.15) is 0 Å². The van der Waals surface area contributed by atoms with Crippen molar-refractivity contribution in [2.24, 2.45) is 0 Å². The molecule has 0 bridgehead atoms. The van der Waals surface area contributed by atoms with Crippen LogP contribution in [0.4, 0.5) is 0 Å². The van der Waals surface area contributed by atoms with Crippen LogP contribution in [-0.2, 0) is 15.9 Å². The molecule has 1 aliphatic heterocycles. The van der Waals surface area contributed by atoms with Gasteiger partial charge in [0.25, 0.3) is 0 Å². The molecular formula is C30H30BrO2P. The Morgan fingerprint density at radius 3 is 1.38 bits per heavy atom. The number of benzene rings is 4. The molecule has 0 aromatic heterocycles. The van der Waals surface area contributed by atoms with Crippen molar-refractivity contribution in [3.05, 3.63) is 127 Å². The third-order valence-corrected chi connectivity index (χ3v) is 16.9. The monoisotopic (exact) mass is 532 g/mol. The molecule has 1 aliphatic rings. The third kappa shape index (κ3) is 4.27. The molecule has 4 aromatic rings. The molecule has 0 radical (unpaired) electrons. The Morgan fingerprint density at radius 2 is 0.971 bits per heavy atom. The van der Waals surface area contributed by atoms with E-state index in [2.05, 4.69) is 137 Å². The zero-order valence-corrected chi connectivity index (χ0v) is 21.7. The van der Waals surface area contributed by atoms with Crippen LogP contribution in [0.25, 0.3) is 0 Å². The molecule has 0 saturated carbocycles. The molecule has 0 amide bonds. The van der Waals surface area contributed by atoms with Crippen LogP contribution in [0.2, 0.25) is 0 Å². The van der Waals surface area contributed by atoms with Crippen LogP contribution in [0, 0.1) is 0 Å². The molecule has 0 N–H and O–H groups in total. The fourth-order valence-electron chi connectivity index (χ4n) is 5.17. The summed E-state index contributed by atoms with van der Waals surface area (Å²) in [7, 11) is 0. The molecule has 1 heterocycles. The normalized spacial score (nSPS) is 16.6. The molecular weight excluding hydrogens is 503 g/mol. The molecule has 0 atom stereocenters. The second kappa shape index (κ2) is 9.76. The first-order valence-corrected chi connectivity index (χ1v) is 16.3. The van der Waals surface area contributed by atoms with E-state index < -0.39 is 11.1 Å². The van der Waals surface area contributed by atoms with Crippen molar-refractivity contribution in [1.82, 2.24) is 0 Å². The second-order valence-corrected chi connectivity index (χ2v) is 18.0. The van der Waals surface area contributed by atoms with Gasteiger partial charge in [0.15, 0.2) is 0 Å². The van der Waals surface area contributed by atoms with Crippen LogP contribution in [0.5, 0.6) is 0 Å². The van der Waals surface area contributed by atoms with E-state index in [4.69, 9.17) is 9.47 Å². The first-order chi connectivity index (χ1) is 16.6. The third-order valence-electron chi connectivity index (χ3n) is 6.93. The van der Waals surface area contributed by atoms with E-state index in [9.17, 15) is 0 Å². The summed E-state index contributed by atoms with van der Waals surface area (Å²) in [6.07, 6.45) is 2.41. The molecule has 0 aliphatic carbocycles. The quantitative estimate of drug-likeness (QED) is 0.251. The molecule has 1 fully saturated rings. The Labute approximate surface area is 210 Å². The fraction of sp³-hybridized carbons (Fsp3) is 0.200. The van der Waals surface area contributed by atoms with Crippen LogP contribution >= 0.6 is 20.8 Å². The van der Waals surface area contributed by atoms with E-state index in [0.717, 1.165) is 19.0 Å². The van der Waals surface area contributed by atoms with Crippen molar-refractivity contribution in [3.63, 3.8) is 0 Å². The first kappa shape index (κ1) is 23.5. The Balaban J connectivity index is 1.65. The second-order valence-electron chi connectivity index (χ2n) is 8.93. The Morgan fingerprint density at radius 1 is 0.588 bits per heavy atom. The predicted molar refractivity (Wildman–Crippen MR) is 148 cm³/mol. The van der Waals surface area contributed by atoms with Gasteiger partial charge in [-0.2, -0.15) is 0 Å². The molecule has 5 rings (SSSR count). The summed E-state index contributed by atoms with van der Waals surface area (Å²) in [4.78, 5) is 0. The molecule has 1 saturated heterocycles. The van der Waals surface area contributed by atoms with E-state index in [1.54, 1.807) is 0 Å².